The largest absolute Gasteiger partial charge is 0.330 e. The topological polar surface area (TPSA) is 41.6 Å². The Labute approximate surface area is 122 Å². The van der Waals surface area contributed by atoms with Gasteiger partial charge >= 0.3 is 0 Å². The summed E-state index contributed by atoms with van der Waals surface area (Å²) in [6, 6.07) is 6.47. The van der Waals surface area contributed by atoms with Crippen molar-refractivity contribution >= 4 is 11.6 Å². The van der Waals surface area contributed by atoms with Crippen LogP contribution in [0.2, 0.25) is 0 Å². The molecule has 0 atom stereocenters. The summed E-state index contributed by atoms with van der Waals surface area (Å²) in [6.45, 7) is 0.424. The first kappa shape index (κ1) is 14.5. The van der Waals surface area contributed by atoms with Crippen LogP contribution in [0.1, 0.15) is 29.7 Å². The Kier molecular flexibility index (Phi) is 5.14. The Morgan fingerprint density at radius 3 is 2.90 bits per heavy atom. The maximum atomic E-state index is 13.9. The van der Waals surface area contributed by atoms with Crippen molar-refractivity contribution in [2.24, 2.45) is 0 Å². The molecule has 104 valence electrons. The summed E-state index contributed by atoms with van der Waals surface area (Å²) in [6.07, 6.45) is 6.33. The standard InChI is InChI=1S/C15H15ClFN3/c16-6-2-1-3-14-9-19-11-20(14)10-13-5-4-12(8-18)7-15(13)17/h4-5,7,9,11H,1-3,6,10H2. The van der Waals surface area contributed by atoms with Gasteiger partial charge in [0.2, 0.25) is 0 Å². The zero-order valence-corrected chi connectivity index (χ0v) is 11.8. The molecule has 0 aliphatic heterocycles. The number of nitrogens with zero attached hydrogens (tertiary/aromatic N) is 3. The van der Waals surface area contributed by atoms with Crippen LogP contribution >= 0.6 is 11.6 Å². The Bertz CT molecular complexity index is 616. The van der Waals surface area contributed by atoms with Gasteiger partial charge in [-0.2, -0.15) is 5.26 Å². The zero-order chi connectivity index (χ0) is 14.4. The number of benzene rings is 1. The lowest BCUT2D eigenvalue weighted by molar-refractivity contribution is 0.593. The van der Waals surface area contributed by atoms with Crippen molar-refractivity contribution < 1.29 is 4.39 Å². The van der Waals surface area contributed by atoms with E-state index in [0.717, 1.165) is 25.0 Å². The molecule has 0 saturated carbocycles. The molecule has 3 nitrogen and oxygen atoms in total. The number of unbranched alkanes of at least 4 members (excludes halogenated alkanes) is 1. The SMILES string of the molecule is N#Cc1ccc(Cn2cncc2CCCCCl)c(F)c1. The van der Waals surface area contributed by atoms with Gasteiger partial charge in [0, 0.05) is 23.3 Å². The molecule has 0 saturated heterocycles. The molecular formula is C15H15ClFN3. The highest BCUT2D eigenvalue weighted by Crippen LogP contribution is 2.14. The number of aryl methyl sites for hydroxylation is 1. The monoisotopic (exact) mass is 291 g/mol. The summed E-state index contributed by atoms with van der Waals surface area (Å²) in [4.78, 5) is 4.12. The maximum Gasteiger partial charge on any atom is 0.129 e. The number of hydrogen-bond acceptors (Lipinski definition) is 2. The summed E-state index contributed by atoms with van der Waals surface area (Å²) in [5, 5.41) is 8.73. The van der Waals surface area contributed by atoms with Crippen molar-refractivity contribution in [3.8, 4) is 6.07 Å². The van der Waals surface area contributed by atoms with Crippen LogP contribution in [0.4, 0.5) is 4.39 Å². The first-order valence-electron chi connectivity index (χ1n) is 6.48. The van der Waals surface area contributed by atoms with E-state index in [9.17, 15) is 4.39 Å². The zero-order valence-electron chi connectivity index (χ0n) is 11.0. The molecule has 5 heteroatoms. The molecule has 2 aromatic rings. The predicted molar refractivity (Wildman–Crippen MR) is 76.1 cm³/mol. The minimum atomic E-state index is -0.357. The smallest absolute Gasteiger partial charge is 0.129 e. The fourth-order valence-corrected chi connectivity index (χ4v) is 2.22. The van der Waals surface area contributed by atoms with Crippen LogP contribution in [0.25, 0.3) is 0 Å². The van der Waals surface area contributed by atoms with Crippen molar-refractivity contribution in [2.45, 2.75) is 25.8 Å². The highest BCUT2D eigenvalue weighted by molar-refractivity contribution is 6.17. The molecule has 1 heterocycles. The Morgan fingerprint density at radius 2 is 2.20 bits per heavy atom. The molecule has 0 bridgehead atoms. The molecule has 0 spiro atoms. The number of alkyl halides is 1. The number of rotatable bonds is 6. The van der Waals surface area contributed by atoms with Gasteiger partial charge in [0.25, 0.3) is 0 Å². The van der Waals surface area contributed by atoms with Crippen LogP contribution in [-0.4, -0.2) is 15.4 Å². The van der Waals surface area contributed by atoms with Crippen LogP contribution in [0.15, 0.2) is 30.7 Å². The first-order valence-corrected chi connectivity index (χ1v) is 7.01. The van der Waals surface area contributed by atoms with Gasteiger partial charge in [-0.1, -0.05) is 6.07 Å². The average molecular weight is 292 g/mol. The van der Waals surface area contributed by atoms with E-state index in [0.29, 0.717) is 23.6 Å². The van der Waals surface area contributed by atoms with E-state index < -0.39 is 0 Å². The number of nitriles is 1. The average Bonchev–Trinajstić information content (AvgIpc) is 2.89. The molecule has 0 N–H and O–H groups in total. The third-order valence-electron chi connectivity index (χ3n) is 3.14. The molecule has 1 aromatic heterocycles. The number of halogens is 2. The molecule has 0 aliphatic carbocycles. The lowest BCUT2D eigenvalue weighted by atomic mass is 10.1. The Hall–Kier alpha value is -1.86. The van der Waals surface area contributed by atoms with Gasteiger partial charge in [-0.15, -0.1) is 11.6 Å². The van der Waals surface area contributed by atoms with E-state index >= 15 is 0 Å². The van der Waals surface area contributed by atoms with E-state index in [1.807, 2.05) is 10.6 Å². The number of aromatic nitrogens is 2. The van der Waals surface area contributed by atoms with Gasteiger partial charge in [-0.25, -0.2) is 9.37 Å². The second-order valence-electron chi connectivity index (χ2n) is 4.58. The fraction of sp³-hybridized carbons (Fsp3) is 0.333. The highest BCUT2D eigenvalue weighted by Gasteiger charge is 2.07. The Morgan fingerprint density at radius 1 is 1.35 bits per heavy atom. The molecule has 1 aromatic carbocycles. The van der Waals surface area contributed by atoms with E-state index in [1.54, 1.807) is 24.7 Å². The summed E-state index contributed by atoms with van der Waals surface area (Å²) >= 11 is 5.66. The lowest BCUT2D eigenvalue weighted by Gasteiger charge is -2.09. The lowest BCUT2D eigenvalue weighted by Crippen LogP contribution is -2.05. The third-order valence-corrected chi connectivity index (χ3v) is 3.41. The summed E-state index contributed by atoms with van der Waals surface area (Å²) in [5.74, 6) is 0.294. The second-order valence-corrected chi connectivity index (χ2v) is 4.95. The summed E-state index contributed by atoms with van der Waals surface area (Å²) in [7, 11) is 0. The summed E-state index contributed by atoms with van der Waals surface area (Å²) < 4.78 is 15.8. The van der Waals surface area contributed by atoms with Crippen molar-refractivity contribution in [2.75, 3.05) is 5.88 Å². The molecule has 0 aliphatic rings. The van der Waals surface area contributed by atoms with Crippen molar-refractivity contribution in [3.63, 3.8) is 0 Å². The maximum absolute atomic E-state index is 13.9. The molecule has 0 radical (unpaired) electrons. The normalized spacial score (nSPS) is 10.4. The first-order chi connectivity index (χ1) is 9.74. The molecule has 2 rings (SSSR count). The predicted octanol–water partition coefficient (Wildman–Crippen LogP) is 3.50. The van der Waals surface area contributed by atoms with Crippen LogP contribution in [0, 0.1) is 17.1 Å². The molecule has 0 fully saturated rings. The minimum Gasteiger partial charge on any atom is -0.330 e. The van der Waals surface area contributed by atoms with Gasteiger partial charge in [-0.05, 0) is 31.4 Å². The summed E-state index contributed by atoms with van der Waals surface area (Å²) in [5.41, 5.74) is 1.96. The molecular weight excluding hydrogens is 277 g/mol. The second kappa shape index (κ2) is 7.06. The van der Waals surface area contributed by atoms with Crippen LogP contribution < -0.4 is 0 Å². The van der Waals surface area contributed by atoms with Gasteiger partial charge in [0.05, 0.1) is 24.5 Å². The molecule has 0 amide bonds. The number of imidazole rings is 1. The van der Waals surface area contributed by atoms with E-state index in [1.165, 1.54) is 6.07 Å². The van der Waals surface area contributed by atoms with Crippen molar-refractivity contribution in [1.29, 1.82) is 5.26 Å². The fourth-order valence-electron chi connectivity index (χ4n) is 2.03. The van der Waals surface area contributed by atoms with E-state index in [2.05, 4.69) is 4.98 Å². The van der Waals surface area contributed by atoms with Gasteiger partial charge in [0.15, 0.2) is 0 Å². The van der Waals surface area contributed by atoms with Gasteiger partial charge in [-0.3, -0.25) is 0 Å². The number of hydrogen-bond donors (Lipinski definition) is 0. The van der Waals surface area contributed by atoms with E-state index in [4.69, 9.17) is 16.9 Å². The Balaban J connectivity index is 2.10. The quantitative estimate of drug-likeness (QED) is 0.604. The van der Waals surface area contributed by atoms with Crippen molar-refractivity contribution in [3.05, 3.63) is 53.4 Å². The van der Waals surface area contributed by atoms with Gasteiger partial charge in [0.1, 0.15) is 5.82 Å². The van der Waals surface area contributed by atoms with Crippen LogP contribution in [0.5, 0.6) is 0 Å². The van der Waals surface area contributed by atoms with Gasteiger partial charge < -0.3 is 4.57 Å². The van der Waals surface area contributed by atoms with E-state index in [-0.39, 0.29) is 5.82 Å². The third kappa shape index (κ3) is 3.58. The van der Waals surface area contributed by atoms with Crippen LogP contribution in [-0.2, 0) is 13.0 Å². The minimum absolute atomic E-state index is 0.333. The van der Waals surface area contributed by atoms with Crippen molar-refractivity contribution in [1.82, 2.24) is 9.55 Å². The molecule has 0 unspecified atom stereocenters. The highest BCUT2D eigenvalue weighted by atomic mass is 35.5. The van der Waals surface area contributed by atoms with Crippen LogP contribution in [0.3, 0.4) is 0 Å². The molecule has 20 heavy (non-hydrogen) atoms.